The van der Waals surface area contributed by atoms with Gasteiger partial charge in [-0.25, -0.2) is 8.42 Å². The molecular formula is C9H9Br2NO4S. The highest BCUT2D eigenvalue weighted by Crippen LogP contribution is 2.27. The number of carboxylic acids is 1. The summed E-state index contributed by atoms with van der Waals surface area (Å²) in [6, 6.07) is 4.67. The van der Waals surface area contributed by atoms with Crippen molar-refractivity contribution in [3.05, 3.63) is 27.1 Å². The van der Waals surface area contributed by atoms with E-state index in [1.165, 1.54) is 13.1 Å². The number of rotatable bonds is 4. The highest BCUT2D eigenvalue weighted by molar-refractivity contribution is 9.11. The van der Waals surface area contributed by atoms with Crippen LogP contribution in [0.2, 0.25) is 0 Å². The van der Waals surface area contributed by atoms with Crippen LogP contribution < -0.4 is 0 Å². The van der Waals surface area contributed by atoms with E-state index in [1.807, 2.05) is 0 Å². The van der Waals surface area contributed by atoms with Gasteiger partial charge in [0, 0.05) is 16.0 Å². The summed E-state index contributed by atoms with van der Waals surface area (Å²) in [4.78, 5) is 10.5. The summed E-state index contributed by atoms with van der Waals surface area (Å²) in [7, 11) is -2.59. The van der Waals surface area contributed by atoms with Gasteiger partial charge < -0.3 is 5.11 Å². The lowest BCUT2D eigenvalue weighted by Crippen LogP contribution is -2.32. The Morgan fingerprint density at radius 2 is 2.00 bits per heavy atom. The average Bonchev–Trinajstić information content (AvgIpc) is 2.20. The molecule has 0 saturated carbocycles. The van der Waals surface area contributed by atoms with E-state index >= 15 is 0 Å². The van der Waals surface area contributed by atoms with Gasteiger partial charge >= 0.3 is 5.97 Å². The van der Waals surface area contributed by atoms with Crippen molar-refractivity contribution in [2.24, 2.45) is 0 Å². The minimum Gasteiger partial charge on any atom is -0.480 e. The van der Waals surface area contributed by atoms with Crippen molar-refractivity contribution in [2.75, 3.05) is 13.6 Å². The molecule has 0 saturated heterocycles. The molecule has 0 aliphatic carbocycles. The Kier molecular flexibility index (Phi) is 4.70. The SMILES string of the molecule is CN(CC(=O)O)S(=O)(=O)c1cc(Br)ccc1Br. The van der Waals surface area contributed by atoms with Gasteiger partial charge in [-0.2, -0.15) is 4.31 Å². The summed E-state index contributed by atoms with van der Waals surface area (Å²) in [5, 5.41) is 8.59. The van der Waals surface area contributed by atoms with Crippen LogP contribution in [0.4, 0.5) is 0 Å². The van der Waals surface area contributed by atoms with Crippen LogP contribution in [0.25, 0.3) is 0 Å². The number of nitrogens with zero attached hydrogens (tertiary/aromatic N) is 1. The molecule has 0 radical (unpaired) electrons. The normalized spacial score (nSPS) is 11.8. The van der Waals surface area contributed by atoms with E-state index in [1.54, 1.807) is 12.1 Å². The molecule has 0 bridgehead atoms. The Labute approximate surface area is 116 Å². The summed E-state index contributed by atoms with van der Waals surface area (Å²) in [5.74, 6) is -1.21. The average molecular weight is 387 g/mol. The van der Waals surface area contributed by atoms with Gasteiger partial charge in [-0.3, -0.25) is 4.79 Å². The number of hydrogen-bond donors (Lipinski definition) is 1. The number of halogens is 2. The van der Waals surface area contributed by atoms with E-state index in [9.17, 15) is 13.2 Å². The molecule has 0 aliphatic rings. The third-order valence-electron chi connectivity index (χ3n) is 1.94. The largest absolute Gasteiger partial charge is 0.480 e. The van der Waals surface area contributed by atoms with Crippen LogP contribution in [0.5, 0.6) is 0 Å². The molecule has 0 unspecified atom stereocenters. The molecule has 1 aromatic rings. The van der Waals surface area contributed by atoms with Crippen molar-refractivity contribution >= 4 is 47.9 Å². The van der Waals surface area contributed by atoms with Crippen molar-refractivity contribution in [3.8, 4) is 0 Å². The Morgan fingerprint density at radius 3 is 2.53 bits per heavy atom. The first-order chi connectivity index (χ1) is 7.75. The summed E-state index contributed by atoms with van der Waals surface area (Å²) >= 11 is 6.30. The van der Waals surface area contributed by atoms with Crippen LogP contribution in [-0.4, -0.2) is 37.4 Å². The molecule has 5 nitrogen and oxygen atoms in total. The monoisotopic (exact) mass is 385 g/mol. The van der Waals surface area contributed by atoms with Crippen LogP contribution in [-0.2, 0) is 14.8 Å². The fourth-order valence-corrected chi connectivity index (χ4v) is 3.70. The van der Waals surface area contributed by atoms with E-state index in [4.69, 9.17) is 5.11 Å². The van der Waals surface area contributed by atoms with Gasteiger partial charge in [0.1, 0.15) is 6.54 Å². The van der Waals surface area contributed by atoms with E-state index in [0.29, 0.717) is 8.95 Å². The van der Waals surface area contributed by atoms with Gasteiger partial charge in [-0.15, -0.1) is 0 Å². The molecule has 0 amide bonds. The highest BCUT2D eigenvalue weighted by atomic mass is 79.9. The second-order valence-electron chi connectivity index (χ2n) is 3.23. The number of benzene rings is 1. The summed E-state index contributed by atoms with van der Waals surface area (Å²) in [6.07, 6.45) is 0. The molecule has 1 aromatic carbocycles. The summed E-state index contributed by atoms with van der Waals surface area (Å²) < 4.78 is 25.9. The minimum atomic E-state index is -3.81. The third-order valence-corrected chi connectivity index (χ3v) is 5.23. The maximum Gasteiger partial charge on any atom is 0.318 e. The first-order valence-corrected chi connectivity index (χ1v) is 7.41. The molecule has 1 rings (SSSR count). The topological polar surface area (TPSA) is 74.7 Å². The molecule has 0 fully saturated rings. The maximum absolute atomic E-state index is 12.1. The van der Waals surface area contributed by atoms with Crippen molar-refractivity contribution in [2.45, 2.75) is 4.90 Å². The Morgan fingerprint density at radius 1 is 1.41 bits per heavy atom. The summed E-state index contributed by atoms with van der Waals surface area (Å²) in [6.45, 7) is -0.582. The van der Waals surface area contributed by atoms with E-state index in [-0.39, 0.29) is 4.90 Å². The van der Waals surface area contributed by atoms with Gasteiger partial charge in [-0.05, 0) is 34.1 Å². The molecular weight excluding hydrogens is 378 g/mol. The highest BCUT2D eigenvalue weighted by Gasteiger charge is 2.25. The fourth-order valence-electron chi connectivity index (χ4n) is 1.12. The number of hydrogen-bond acceptors (Lipinski definition) is 3. The lowest BCUT2D eigenvalue weighted by atomic mass is 10.4. The number of likely N-dealkylation sites (N-methyl/N-ethyl adjacent to an activating group) is 1. The Hall–Kier alpha value is -0.440. The van der Waals surface area contributed by atoms with Gasteiger partial charge in [0.25, 0.3) is 0 Å². The van der Waals surface area contributed by atoms with E-state index in [0.717, 1.165) is 4.31 Å². The molecule has 8 heteroatoms. The lowest BCUT2D eigenvalue weighted by molar-refractivity contribution is -0.137. The van der Waals surface area contributed by atoms with Crippen LogP contribution in [0.15, 0.2) is 32.0 Å². The maximum atomic E-state index is 12.1. The number of sulfonamides is 1. The molecule has 0 heterocycles. The summed E-state index contributed by atoms with van der Waals surface area (Å²) in [5.41, 5.74) is 0. The predicted molar refractivity (Wildman–Crippen MR) is 69.3 cm³/mol. The fraction of sp³-hybridized carbons (Fsp3) is 0.222. The number of carboxylic acid groups (broad SMARTS) is 1. The molecule has 17 heavy (non-hydrogen) atoms. The van der Waals surface area contributed by atoms with Gasteiger partial charge in [0.15, 0.2) is 0 Å². The van der Waals surface area contributed by atoms with Gasteiger partial charge in [0.05, 0.1) is 4.90 Å². The smallest absolute Gasteiger partial charge is 0.318 e. The van der Waals surface area contributed by atoms with E-state index in [2.05, 4.69) is 31.9 Å². The molecule has 1 N–H and O–H groups in total. The quantitative estimate of drug-likeness (QED) is 0.857. The van der Waals surface area contributed by atoms with Crippen molar-refractivity contribution < 1.29 is 18.3 Å². The van der Waals surface area contributed by atoms with Crippen LogP contribution in [0, 0.1) is 0 Å². The van der Waals surface area contributed by atoms with E-state index < -0.39 is 22.5 Å². The Balaban J connectivity index is 3.21. The molecule has 94 valence electrons. The third kappa shape index (κ3) is 3.51. The first kappa shape index (κ1) is 14.6. The zero-order valence-electron chi connectivity index (χ0n) is 8.72. The Bertz CT molecular complexity index is 544. The second kappa shape index (κ2) is 5.47. The number of carbonyl (C=O) groups is 1. The zero-order valence-corrected chi connectivity index (χ0v) is 12.7. The van der Waals surface area contributed by atoms with Crippen molar-refractivity contribution in [1.82, 2.24) is 4.31 Å². The second-order valence-corrected chi connectivity index (χ2v) is 7.01. The van der Waals surface area contributed by atoms with Crippen LogP contribution in [0.3, 0.4) is 0 Å². The minimum absolute atomic E-state index is 0.0237. The standard InChI is InChI=1S/C9H9Br2NO4S/c1-12(5-9(13)14)17(15,16)8-4-6(10)2-3-7(8)11/h2-4H,5H2,1H3,(H,13,14). The molecule has 0 aromatic heterocycles. The molecule has 0 aliphatic heterocycles. The lowest BCUT2D eigenvalue weighted by Gasteiger charge is -2.16. The van der Waals surface area contributed by atoms with Gasteiger partial charge in [0.2, 0.25) is 10.0 Å². The number of aliphatic carboxylic acids is 1. The van der Waals surface area contributed by atoms with Crippen molar-refractivity contribution in [3.63, 3.8) is 0 Å². The molecule has 0 atom stereocenters. The van der Waals surface area contributed by atoms with Crippen molar-refractivity contribution in [1.29, 1.82) is 0 Å². The van der Waals surface area contributed by atoms with Crippen LogP contribution in [0.1, 0.15) is 0 Å². The molecule has 0 spiro atoms. The zero-order chi connectivity index (χ0) is 13.2. The first-order valence-electron chi connectivity index (χ1n) is 4.38. The van der Waals surface area contributed by atoms with Gasteiger partial charge in [-0.1, -0.05) is 15.9 Å². The van der Waals surface area contributed by atoms with Crippen LogP contribution >= 0.6 is 31.9 Å². The predicted octanol–water partition coefficient (Wildman–Crippen LogP) is 1.92.